The number of para-hydroxylation sites is 1. The first-order valence-corrected chi connectivity index (χ1v) is 7.18. The number of aromatic nitrogens is 2. The fourth-order valence-electron chi connectivity index (χ4n) is 2.11. The third-order valence-electron chi connectivity index (χ3n) is 3.23. The number of H-pyrrole nitrogens is 1. The smallest absolute Gasteiger partial charge is 0.178 e. The van der Waals surface area contributed by atoms with Crippen LogP contribution in [0.5, 0.6) is 5.75 Å². The van der Waals surface area contributed by atoms with Crippen molar-refractivity contribution in [3.05, 3.63) is 23.0 Å². The molecule has 0 aliphatic heterocycles. The SMILES string of the molecule is COC(C)(C)Cn1c(=S)[nH]c2c(OC(C)C)cccc21. The van der Waals surface area contributed by atoms with E-state index in [1.807, 2.05) is 45.9 Å². The summed E-state index contributed by atoms with van der Waals surface area (Å²) in [5, 5.41) is 0. The number of methoxy groups -OCH3 is 1. The Bertz CT molecular complexity index is 655. The molecule has 20 heavy (non-hydrogen) atoms. The number of nitrogens with one attached hydrogen (secondary N) is 1. The second kappa shape index (κ2) is 5.58. The van der Waals surface area contributed by atoms with Crippen molar-refractivity contribution in [2.75, 3.05) is 7.11 Å². The molecule has 0 bridgehead atoms. The molecule has 0 spiro atoms. The van der Waals surface area contributed by atoms with Crippen molar-refractivity contribution >= 4 is 23.3 Å². The van der Waals surface area contributed by atoms with Crippen LogP contribution in [0, 0.1) is 4.77 Å². The van der Waals surface area contributed by atoms with Crippen LogP contribution in [-0.4, -0.2) is 28.4 Å². The summed E-state index contributed by atoms with van der Waals surface area (Å²) in [5.74, 6) is 0.831. The van der Waals surface area contributed by atoms with Crippen molar-refractivity contribution in [2.24, 2.45) is 0 Å². The predicted molar refractivity (Wildman–Crippen MR) is 84.0 cm³/mol. The van der Waals surface area contributed by atoms with E-state index < -0.39 is 0 Å². The van der Waals surface area contributed by atoms with Crippen LogP contribution in [0.2, 0.25) is 0 Å². The van der Waals surface area contributed by atoms with Gasteiger partial charge in [0.2, 0.25) is 0 Å². The summed E-state index contributed by atoms with van der Waals surface area (Å²) in [6.07, 6.45) is 0.126. The van der Waals surface area contributed by atoms with Crippen molar-refractivity contribution in [1.29, 1.82) is 0 Å². The Hall–Kier alpha value is -1.33. The Morgan fingerprint density at radius 1 is 1.35 bits per heavy atom. The van der Waals surface area contributed by atoms with E-state index in [2.05, 4.69) is 9.55 Å². The Morgan fingerprint density at radius 3 is 2.65 bits per heavy atom. The number of hydrogen-bond donors (Lipinski definition) is 1. The standard InChI is InChI=1S/C15H22N2O2S/c1-10(2)19-12-8-6-7-11-13(12)16-14(20)17(11)9-15(3,4)18-5/h6-8,10H,9H2,1-5H3,(H,16,20). The number of aromatic amines is 1. The fourth-order valence-corrected chi connectivity index (χ4v) is 2.37. The highest BCUT2D eigenvalue weighted by molar-refractivity contribution is 7.71. The van der Waals surface area contributed by atoms with E-state index in [9.17, 15) is 0 Å². The third kappa shape index (κ3) is 3.04. The molecule has 4 nitrogen and oxygen atoms in total. The van der Waals surface area contributed by atoms with Crippen molar-refractivity contribution in [3.63, 3.8) is 0 Å². The van der Waals surface area contributed by atoms with E-state index in [-0.39, 0.29) is 11.7 Å². The first kappa shape index (κ1) is 15.1. The minimum Gasteiger partial charge on any atom is -0.489 e. The molecule has 0 fully saturated rings. The molecule has 1 aromatic heterocycles. The van der Waals surface area contributed by atoms with Gasteiger partial charge in [-0.25, -0.2) is 0 Å². The summed E-state index contributed by atoms with van der Waals surface area (Å²) >= 11 is 5.44. The number of nitrogens with zero attached hydrogens (tertiary/aromatic N) is 1. The van der Waals surface area contributed by atoms with E-state index in [1.165, 1.54) is 0 Å². The van der Waals surface area contributed by atoms with Crippen LogP contribution in [0.4, 0.5) is 0 Å². The zero-order valence-electron chi connectivity index (χ0n) is 12.7. The molecule has 0 radical (unpaired) electrons. The van der Waals surface area contributed by atoms with Crippen LogP contribution in [-0.2, 0) is 11.3 Å². The highest BCUT2D eigenvalue weighted by Crippen LogP contribution is 2.27. The van der Waals surface area contributed by atoms with Crippen LogP contribution in [0.25, 0.3) is 11.0 Å². The van der Waals surface area contributed by atoms with Gasteiger partial charge in [0.15, 0.2) is 4.77 Å². The molecular weight excluding hydrogens is 272 g/mol. The second-order valence-electron chi connectivity index (χ2n) is 5.80. The molecule has 1 aromatic carbocycles. The predicted octanol–water partition coefficient (Wildman–Crippen LogP) is 3.91. The van der Waals surface area contributed by atoms with Gasteiger partial charge in [-0.3, -0.25) is 0 Å². The van der Waals surface area contributed by atoms with Gasteiger partial charge in [-0.05, 0) is 52.0 Å². The highest BCUT2D eigenvalue weighted by Gasteiger charge is 2.20. The number of rotatable bonds is 5. The zero-order chi connectivity index (χ0) is 14.9. The van der Waals surface area contributed by atoms with Crippen molar-refractivity contribution in [1.82, 2.24) is 9.55 Å². The van der Waals surface area contributed by atoms with Gasteiger partial charge in [-0.2, -0.15) is 0 Å². The van der Waals surface area contributed by atoms with Crippen LogP contribution in [0.3, 0.4) is 0 Å². The first-order chi connectivity index (χ1) is 9.34. The molecule has 110 valence electrons. The van der Waals surface area contributed by atoms with Crippen molar-refractivity contribution < 1.29 is 9.47 Å². The minimum atomic E-state index is -0.276. The monoisotopic (exact) mass is 294 g/mol. The lowest BCUT2D eigenvalue weighted by atomic mass is 10.1. The van der Waals surface area contributed by atoms with Crippen LogP contribution >= 0.6 is 12.2 Å². The number of benzene rings is 1. The number of imidazole rings is 1. The zero-order valence-corrected chi connectivity index (χ0v) is 13.5. The first-order valence-electron chi connectivity index (χ1n) is 6.77. The highest BCUT2D eigenvalue weighted by atomic mass is 32.1. The van der Waals surface area contributed by atoms with E-state index in [0.717, 1.165) is 16.8 Å². The van der Waals surface area contributed by atoms with Crippen LogP contribution < -0.4 is 4.74 Å². The Balaban J connectivity index is 2.52. The maximum Gasteiger partial charge on any atom is 0.178 e. The maximum absolute atomic E-state index is 5.83. The van der Waals surface area contributed by atoms with Gasteiger partial charge in [0.1, 0.15) is 11.3 Å². The molecule has 2 aromatic rings. The Labute approximate surface area is 124 Å². The van der Waals surface area contributed by atoms with E-state index in [4.69, 9.17) is 21.7 Å². The van der Waals surface area contributed by atoms with Gasteiger partial charge in [-0.15, -0.1) is 0 Å². The largest absolute Gasteiger partial charge is 0.489 e. The van der Waals surface area contributed by atoms with E-state index in [1.54, 1.807) is 7.11 Å². The Morgan fingerprint density at radius 2 is 2.05 bits per heavy atom. The van der Waals surface area contributed by atoms with Crippen LogP contribution in [0.1, 0.15) is 27.7 Å². The molecule has 0 atom stereocenters. The fraction of sp³-hybridized carbons (Fsp3) is 0.533. The van der Waals surface area contributed by atoms with Gasteiger partial charge >= 0.3 is 0 Å². The molecule has 0 saturated carbocycles. The third-order valence-corrected chi connectivity index (χ3v) is 3.55. The summed E-state index contributed by atoms with van der Waals surface area (Å²) in [6.45, 7) is 8.80. The Kier molecular flexibility index (Phi) is 4.20. The van der Waals surface area contributed by atoms with Gasteiger partial charge in [0, 0.05) is 7.11 Å². The number of hydrogen-bond acceptors (Lipinski definition) is 3. The molecule has 0 saturated heterocycles. The average Bonchev–Trinajstić information content (AvgIpc) is 2.67. The average molecular weight is 294 g/mol. The van der Waals surface area contributed by atoms with Crippen molar-refractivity contribution in [2.45, 2.75) is 45.9 Å². The van der Waals surface area contributed by atoms with E-state index in [0.29, 0.717) is 11.3 Å². The van der Waals surface area contributed by atoms with E-state index >= 15 is 0 Å². The second-order valence-corrected chi connectivity index (χ2v) is 6.18. The molecular formula is C15H22N2O2S. The molecule has 5 heteroatoms. The normalized spacial score (nSPS) is 12.3. The topological polar surface area (TPSA) is 39.2 Å². The molecule has 0 aliphatic rings. The lowest BCUT2D eigenvalue weighted by Crippen LogP contribution is -2.29. The summed E-state index contributed by atoms with van der Waals surface area (Å²) in [7, 11) is 1.71. The summed E-state index contributed by atoms with van der Waals surface area (Å²) in [5.41, 5.74) is 1.71. The molecule has 0 amide bonds. The lowest BCUT2D eigenvalue weighted by Gasteiger charge is -2.23. The van der Waals surface area contributed by atoms with Gasteiger partial charge < -0.3 is 19.0 Å². The van der Waals surface area contributed by atoms with Gasteiger partial charge in [-0.1, -0.05) is 6.07 Å². The van der Waals surface area contributed by atoms with Crippen molar-refractivity contribution in [3.8, 4) is 5.75 Å². The molecule has 0 unspecified atom stereocenters. The van der Waals surface area contributed by atoms with Gasteiger partial charge in [0.05, 0.1) is 23.8 Å². The molecule has 2 rings (SSSR count). The number of fused-ring (bicyclic) bond motifs is 1. The maximum atomic E-state index is 5.83. The lowest BCUT2D eigenvalue weighted by molar-refractivity contribution is 0.00873. The summed E-state index contributed by atoms with van der Waals surface area (Å²) in [6, 6.07) is 5.99. The summed E-state index contributed by atoms with van der Waals surface area (Å²) < 4.78 is 14.1. The molecule has 1 heterocycles. The van der Waals surface area contributed by atoms with Gasteiger partial charge in [0.25, 0.3) is 0 Å². The quantitative estimate of drug-likeness (QED) is 0.850. The number of ether oxygens (including phenoxy) is 2. The summed E-state index contributed by atoms with van der Waals surface area (Å²) in [4.78, 5) is 3.24. The van der Waals surface area contributed by atoms with Crippen LogP contribution in [0.15, 0.2) is 18.2 Å². The minimum absolute atomic E-state index is 0.126. The molecule has 0 aliphatic carbocycles. The molecule has 1 N–H and O–H groups in total.